The third-order valence-electron chi connectivity index (χ3n) is 2.76. The molecule has 0 atom stereocenters. The highest BCUT2D eigenvalue weighted by atomic mass is 32.2. The second kappa shape index (κ2) is 6.76. The van der Waals surface area contributed by atoms with E-state index in [0.717, 1.165) is 19.3 Å². The predicted octanol–water partition coefficient (Wildman–Crippen LogP) is 0.151. The Labute approximate surface area is 115 Å². The molecule has 1 fully saturated rings. The molecule has 1 heterocycles. The van der Waals surface area contributed by atoms with Crippen molar-refractivity contribution < 1.29 is 9.53 Å². The molecule has 1 aromatic rings. The first-order valence-corrected chi connectivity index (χ1v) is 7.26. The zero-order valence-corrected chi connectivity index (χ0v) is 11.7. The van der Waals surface area contributed by atoms with E-state index in [2.05, 4.69) is 15.5 Å². The molecule has 0 radical (unpaired) electrons. The Morgan fingerprint density at radius 2 is 2.42 bits per heavy atom. The Kier molecular flexibility index (Phi) is 5.03. The predicted molar refractivity (Wildman–Crippen MR) is 71.3 cm³/mol. The summed E-state index contributed by atoms with van der Waals surface area (Å²) in [5.41, 5.74) is -0.189. The molecule has 0 spiro atoms. The minimum atomic E-state index is -0.189. The molecule has 1 aromatic heterocycles. The van der Waals surface area contributed by atoms with E-state index in [0.29, 0.717) is 18.3 Å². The van der Waals surface area contributed by atoms with Crippen LogP contribution in [0.15, 0.2) is 9.95 Å². The minimum Gasteiger partial charge on any atom is -0.385 e. The number of ether oxygens (including phenoxy) is 1. The maximum atomic E-state index is 11.6. The Bertz CT molecular complexity index is 481. The van der Waals surface area contributed by atoms with Gasteiger partial charge >= 0.3 is 5.69 Å². The maximum absolute atomic E-state index is 11.6. The molecule has 0 saturated heterocycles. The van der Waals surface area contributed by atoms with Gasteiger partial charge < -0.3 is 10.1 Å². The maximum Gasteiger partial charge on any atom is 0.344 e. The van der Waals surface area contributed by atoms with Crippen LogP contribution in [0.3, 0.4) is 0 Å². The molecule has 1 saturated carbocycles. The average Bonchev–Trinajstić information content (AvgIpc) is 3.16. The summed E-state index contributed by atoms with van der Waals surface area (Å²) in [6.07, 6.45) is 2.81. The molecule has 0 unspecified atom stereocenters. The van der Waals surface area contributed by atoms with Crippen LogP contribution in [0.1, 0.15) is 25.3 Å². The third kappa shape index (κ3) is 4.10. The smallest absolute Gasteiger partial charge is 0.344 e. The Morgan fingerprint density at radius 3 is 3.11 bits per heavy atom. The lowest BCUT2D eigenvalue weighted by atomic mass is 10.4. The molecule has 19 heavy (non-hydrogen) atoms. The zero-order valence-electron chi connectivity index (χ0n) is 10.8. The summed E-state index contributed by atoms with van der Waals surface area (Å²) in [4.78, 5) is 23.1. The summed E-state index contributed by atoms with van der Waals surface area (Å²) in [5.74, 6) is 0.211. The SMILES string of the molecule is COCCCNC(=O)CSc1n[nH]c(=O)n1C1CC1. The van der Waals surface area contributed by atoms with E-state index in [-0.39, 0.29) is 23.4 Å². The number of aromatic nitrogens is 3. The third-order valence-corrected chi connectivity index (χ3v) is 3.72. The van der Waals surface area contributed by atoms with E-state index in [4.69, 9.17) is 4.74 Å². The van der Waals surface area contributed by atoms with E-state index >= 15 is 0 Å². The quantitative estimate of drug-likeness (QED) is 0.524. The molecular weight excluding hydrogens is 268 g/mol. The average molecular weight is 286 g/mol. The Balaban J connectivity index is 1.76. The van der Waals surface area contributed by atoms with Gasteiger partial charge in [-0.1, -0.05) is 11.8 Å². The number of thioether (sulfide) groups is 1. The largest absolute Gasteiger partial charge is 0.385 e. The standard InChI is InChI=1S/C11H18N4O3S/c1-18-6-2-5-12-9(16)7-19-11-14-13-10(17)15(11)8-3-4-8/h8H,2-7H2,1H3,(H,12,16)(H,13,17). The van der Waals surface area contributed by atoms with Crippen molar-refractivity contribution in [3.63, 3.8) is 0 Å². The highest BCUT2D eigenvalue weighted by molar-refractivity contribution is 7.99. The lowest BCUT2D eigenvalue weighted by molar-refractivity contribution is -0.118. The van der Waals surface area contributed by atoms with Gasteiger partial charge in [0.25, 0.3) is 0 Å². The Morgan fingerprint density at radius 1 is 1.63 bits per heavy atom. The monoisotopic (exact) mass is 286 g/mol. The second-order valence-corrected chi connectivity index (χ2v) is 5.34. The van der Waals surface area contributed by atoms with Gasteiger partial charge in [-0.25, -0.2) is 9.89 Å². The van der Waals surface area contributed by atoms with Crippen LogP contribution in [0.2, 0.25) is 0 Å². The number of nitrogens with one attached hydrogen (secondary N) is 2. The fourth-order valence-electron chi connectivity index (χ4n) is 1.67. The molecule has 7 nitrogen and oxygen atoms in total. The van der Waals surface area contributed by atoms with Crippen molar-refractivity contribution in [1.82, 2.24) is 20.1 Å². The number of amides is 1. The second-order valence-electron chi connectivity index (χ2n) is 4.40. The van der Waals surface area contributed by atoms with E-state index in [9.17, 15) is 9.59 Å². The van der Waals surface area contributed by atoms with Crippen LogP contribution in [0.25, 0.3) is 0 Å². The van der Waals surface area contributed by atoms with E-state index < -0.39 is 0 Å². The molecule has 106 valence electrons. The molecule has 2 N–H and O–H groups in total. The number of nitrogens with zero attached hydrogens (tertiary/aromatic N) is 2. The molecule has 8 heteroatoms. The van der Waals surface area contributed by atoms with Crippen molar-refractivity contribution in [2.24, 2.45) is 0 Å². The summed E-state index contributed by atoms with van der Waals surface area (Å²) in [6.45, 7) is 1.23. The highest BCUT2D eigenvalue weighted by Gasteiger charge is 2.28. The van der Waals surface area contributed by atoms with Crippen LogP contribution >= 0.6 is 11.8 Å². The van der Waals surface area contributed by atoms with Gasteiger partial charge in [-0.05, 0) is 19.3 Å². The topological polar surface area (TPSA) is 89.0 Å². The van der Waals surface area contributed by atoms with Crippen LogP contribution in [-0.4, -0.2) is 46.7 Å². The van der Waals surface area contributed by atoms with Gasteiger partial charge in [0.15, 0.2) is 5.16 Å². The van der Waals surface area contributed by atoms with Gasteiger partial charge in [-0.15, -0.1) is 5.10 Å². The first kappa shape index (κ1) is 14.1. The van der Waals surface area contributed by atoms with Gasteiger partial charge in [0.05, 0.1) is 5.75 Å². The molecule has 1 aliphatic carbocycles. The van der Waals surface area contributed by atoms with Crippen molar-refractivity contribution in [2.75, 3.05) is 26.0 Å². The number of H-pyrrole nitrogens is 1. The number of rotatable bonds is 8. The van der Waals surface area contributed by atoms with Crippen molar-refractivity contribution in [3.8, 4) is 0 Å². The van der Waals surface area contributed by atoms with Crippen LogP contribution in [0.5, 0.6) is 0 Å². The summed E-state index contributed by atoms with van der Waals surface area (Å²) >= 11 is 1.29. The van der Waals surface area contributed by atoms with Gasteiger partial charge in [-0.3, -0.25) is 9.36 Å². The molecule has 0 aliphatic heterocycles. The molecular formula is C11H18N4O3S. The molecule has 0 bridgehead atoms. The first-order chi connectivity index (χ1) is 9.22. The fourth-order valence-corrected chi connectivity index (χ4v) is 2.52. The number of hydrogen-bond acceptors (Lipinski definition) is 5. The van der Waals surface area contributed by atoms with Gasteiger partial charge in [0.2, 0.25) is 5.91 Å². The normalized spacial score (nSPS) is 14.6. The zero-order chi connectivity index (χ0) is 13.7. The van der Waals surface area contributed by atoms with Gasteiger partial charge in [-0.2, -0.15) is 0 Å². The van der Waals surface area contributed by atoms with Gasteiger partial charge in [0.1, 0.15) is 0 Å². The number of hydrogen-bond donors (Lipinski definition) is 2. The van der Waals surface area contributed by atoms with E-state index in [1.807, 2.05) is 0 Å². The Hall–Kier alpha value is -1.28. The number of carbonyl (C=O) groups is 1. The molecule has 1 aliphatic rings. The van der Waals surface area contributed by atoms with E-state index in [1.54, 1.807) is 11.7 Å². The van der Waals surface area contributed by atoms with Crippen molar-refractivity contribution in [2.45, 2.75) is 30.5 Å². The molecule has 2 rings (SSSR count). The van der Waals surface area contributed by atoms with E-state index in [1.165, 1.54) is 11.8 Å². The van der Waals surface area contributed by atoms with Crippen LogP contribution in [0, 0.1) is 0 Å². The molecule has 1 amide bonds. The van der Waals surface area contributed by atoms with Crippen LogP contribution in [-0.2, 0) is 9.53 Å². The van der Waals surface area contributed by atoms with Crippen LogP contribution in [0.4, 0.5) is 0 Å². The lowest BCUT2D eigenvalue weighted by Crippen LogP contribution is -2.27. The first-order valence-electron chi connectivity index (χ1n) is 6.27. The van der Waals surface area contributed by atoms with Crippen LogP contribution < -0.4 is 11.0 Å². The highest BCUT2D eigenvalue weighted by Crippen LogP contribution is 2.35. The summed E-state index contributed by atoms with van der Waals surface area (Å²) < 4.78 is 6.54. The number of methoxy groups -OCH3 is 1. The molecule has 0 aromatic carbocycles. The fraction of sp³-hybridized carbons (Fsp3) is 0.727. The van der Waals surface area contributed by atoms with Crippen molar-refractivity contribution in [1.29, 1.82) is 0 Å². The number of carbonyl (C=O) groups excluding carboxylic acids is 1. The summed E-state index contributed by atoms with van der Waals surface area (Å²) in [7, 11) is 1.63. The summed E-state index contributed by atoms with van der Waals surface area (Å²) in [6, 6.07) is 0.263. The number of aromatic amines is 1. The van der Waals surface area contributed by atoms with Crippen molar-refractivity contribution in [3.05, 3.63) is 10.5 Å². The van der Waals surface area contributed by atoms with Crippen molar-refractivity contribution >= 4 is 17.7 Å². The van der Waals surface area contributed by atoms with Gasteiger partial charge in [0, 0.05) is 26.3 Å². The summed E-state index contributed by atoms with van der Waals surface area (Å²) in [5, 5.41) is 9.77. The lowest BCUT2D eigenvalue weighted by Gasteiger charge is -2.05. The minimum absolute atomic E-state index is 0.0566.